The van der Waals surface area contributed by atoms with Gasteiger partial charge in [0.1, 0.15) is 0 Å². The lowest BCUT2D eigenvalue weighted by Crippen LogP contribution is -2.45. The molecular formula is C17H22N4O. The third-order valence-corrected chi connectivity index (χ3v) is 4.02. The van der Waals surface area contributed by atoms with E-state index >= 15 is 0 Å². The van der Waals surface area contributed by atoms with E-state index in [-0.39, 0.29) is 11.9 Å². The van der Waals surface area contributed by atoms with Gasteiger partial charge >= 0.3 is 0 Å². The monoisotopic (exact) mass is 298 g/mol. The van der Waals surface area contributed by atoms with Gasteiger partial charge in [0.2, 0.25) is 0 Å². The van der Waals surface area contributed by atoms with Crippen LogP contribution in [0, 0.1) is 13.8 Å². The van der Waals surface area contributed by atoms with E-state index in [0.717, 1.165) is 43.0 Å². The van der Waals surface area contributed by atoms with Gasteiger partial charge < -0.3 is 10.6 Å². The van der Waals surface area contributed by atoms with Gasteiger partial charge in [0.05, 0.1) is 11.4 Å². The average molecular weight is 298 g/mol. The summed E-state index contributed by atoms with van der Waals surface area (Å²) in [4.78, 5) is 12.3. The molecule has 2 heterocycles. The molecule has 3 rings (SSSR count). The van der Waals surface area contributed by atoms with E-state index in [9.17, 15) is 4.79 Å². The number of nitrogens with zero attached hydrogens (tertiary/aromatic N) is 2. The molecule has 2 aromatic rings. The van der Waals surface area contributed by atoms with E-state index in [4.69, 9.17) is 0 Å². The first-order valence-corrected chi connectivity index (χ1v) is 7.79. The fraction of sp³-hybridized carbons (Fsp3) is 0.412. The van der Waals surface area contributed by atoms with Crippen molar-refractivity contribution in [3.8, 4) is 5.69 Å². The van der Waals surface area contributed by atoms with Crippen LogP contribution in [-0.2, 0) is 0 Å². The highest BCUT2D eigenvalue weighted by molar-refractivity contribution is 5.94. The van der Waals surface area contributed by atoms with Crippen molar-refractivity contribution in [2.24, 2.45) is 0 Å². The summed E-state index contributed by atoms with van der Waals surface area (Å²) >= 11 is 0. The minimum absolute atomic E-state index is 0.00591. The van der Waals surface area contributed by atoms with Crippen molar-refractivity contribution in [1.29, 1.82) is 0 Å². The summed E-state index contributed by atoms with van der Waals surface area (Å²) in [6, 6.07) is 9.86. The van der Waals surface area contributed by atoms with E-state index < -0.39 is 0 Å². The Morgan fingerprint density at radius 3 is 2.68 bits per heavy atom. The zero-order chi connectivity index (χ0) is 15.5. The minimum atomic E-state index is -0.00591. The van der Waals surface area contributed by atoms with Gasteiger partial charge in [0, 0.05) is 23.8 Å². The smallest absolute Gasteiger partial charge is 0.251 e. The first-order chi connectivity index (χ1) is 10.6. The second-order valence-electron chi connectivity index (χ2n) is 5.90. The largest absolute Gasteiger partial charge is 0.348 e. The molecule has 1 fully saturated rings. The first-order valence-electron chi connectivity index (χ1n) is 7.79. The van der Waals surface area contributed by atoms with E-state index in [0.29, 0.717) is 5.56 Å². The molecule has 116 valence electrons. The van der Waals surface area contributed by atoms with Crippen molar-refractivity contribution in [2.75, 3.05) is 13.1 Å². The number of aryl methyl sites for hydroxylation is 2. The van der Waals surface area contributed by atoms with Crippen molar-refractivity contribution in [2.45, 2.75) is 32.7 Å². The molecule has 1 aliphatic rings. The van der Waals surface area contributed by atoms with E-state index in [1.807, 2.05) is 48.9 Å². The molecule has 0 saturated carbocycles. The molecule has 22 heavy (non-hydrogen) atoms. The first kappa shape index (κ1) is 14.8. The minimum Gasteiger partial charge on any atom is -0.348 e. The Morgan fingerprint density at radius 2 is 2.09 bits per heavy atom. The van der Waals surface area contributed by atoms with Crippen LogP contribution in [0.5, 0.6) is 0 Å². The summed E-state index contributed by atoms with van der Waals surface area (Å²) in [7, 11) is 0. The van der Waals surface area contributed by atoms with Crippen LogP contribution in [0.15, 0.2) is 30.3 Å². The van der Waals surface area contributed by atoms with Crippen LogP contribution < -0.4 is 10.6 Å². The number of amides is 1. The number of hydrogen-bond acceptors (Lipinski definition) is 3. The van der Waals surface area contributed by atoms with Crippen molar-refractivity contribution in [3.63, 3.8) is 0 Å². The Kier molecular flexibility index (Phi) is 4.24. The molecule has 1 aliphatic heterocycles. The molecule has 2 N–H and O–H groups in total. The summed E-state index contributed by atoms with van der Waals surface area (Å²) in [5.41, 5.74) is 3.74. The standard InChI is InChI=1S/C17H22N4O/c1-12-10-13(2)21(20-12)16-7-5-14(6-8-16)17(22)19-15-4-3-9-18-11-15/h5-8,10,15,18H,3-4,9,11H2,1-2H3,(H,19,22). The zero-order valence-corrected chi connectivity index (χ0v) is 13.1. The SMILES string of the molecule is Cc1cc(C)n(-c2ccc(C(=O)NC3CCCNC3)cc2)n1. The summed E-state index contributed by atoms with van der Waals surface area (Å²) in [6.07, 6.45) is 2.16. The molecule has 0 radical (unpaired) electrons. The third kappa shape index (κ3) is 3.20. The van der Waals surface area contributed by atoms with Gasteiger partial charge in [0.15, 0.2) is 0 Å². The molecule has 0 bridgehead atoms. The molecule has 1 unspecified atom stereocenters. The van der Waals surface area contributed by atoms with Crippen LogP contribution in [0.4, 0.5) is 0 Å². The average Bonchev–Trinajstić information content (AvgIpc) is 2.87. The Balaban J connectivity index is 1.70. The predicted molar refractivity (Wildman–Crippen MR) is 86.4 cm³/mol. The van der Waals surface area contributed by atoms with Crippen molar-refractivity contribution >= 4 is 5.91 Å². The van der Waals surface area contributed by atoms with Crippen LogP contribution in [-0.4, -0.2) is 34.8 Å². The second kappa shape index (κ2) is 6.32. The lowest BCUT2D eigenvalue weighted by Gasteiger charge is -2.23. The quantitative estimate of drug-likeness (QED) is 0.911. The molecule has 0 spiro atoms. The topological polar surface area (TPSA) is 59.0 Å². The molecule has 5 heteroatoms. The number of hydrogen-bond donors (Lipinski definition) is 2. The number of carbonyl (C=O) groups is 1. The second-order valence-corrected chi connectivity index (χ2v) is 5.90. The van der Waals surface area contributed by atoms with Gasteiger partial charge in [0.25, 0.3) is 5.91 Å². The fourth-order valence-corrected chi connectivity index (χ4v) is 2.89. The maximum absolute atomic E-state index is 12.3. The van der Waals surface area contributed by atoms with Crippen molar-refractivity contribution in [1.82, 2.24) is 20.4 Å². The van der Waals surface area contributed by atoms with Gasteiger partial charge in [-0.3, -0.25) is 4.79 Å². The lowest BCUT2D eigenvalue weighted by molar-refractivity contribution is 0.0930. The molecule has 1 atom stereocenters. The number of nitrogens with one attached hydrogen (secondary N) is 2. The van der Waals surface area contributed by atoms with E-state index in [2.05, 4.69) is 15.7 Å². The lowest BCUT2D eigenvalue weighted by atomic mass is 10.1. The fourth-order valence-electron chi connectivity index (χ4n) is 2.89. The van der Waals surface area contributed by atoms with Crippen LogP contribution in [0.2, 0.25) is 0 Å². The van der Waals surface area contributed by atoms with Gasteiger partial charge in [-0.1, -0.05) is 0 Å². The van der Waals surface area contributed by atoms with Crippen LogP contribution in [0.25, 0.3) is 5.69 Å². The maximum Gasteiger partial charge on any atom is 0.251 e. The summed E-state index contributed by atoms with van der Waals surface area (Å²) in [5.74, 6) is -0.00591. The van der Waals surface area contributed by atoms with Crippen molar-refractivity contribution < 1.29 is 4.79 Å². The Labute approximate surface area is 130 Å². The highest BCUT2D eigenvalue weighted by Crippen LogP contribution is 2.13. The summed E-state index contributed by atoms with van der Waals surface area (Å²) < 4.78 is 1.89. The van der Waals surface area contributed by atoms with E-state index in [1.54, 1.807) is 0 Å². The Bertz CT molecular complexity index is 654. The number of benzene rings is 1. The molecule has 0 aliphatic carbocycles. The number of rotatable bonds is 3. The number of piperidine rings is 1. The van der Waals surface area contributed by atoms with Gasteiger partial charge in [-0.2, -0.15) is 5.10 Å². The Morgan fingerprint density at radius 1 is 1.32 bits per heavy atom. The normalized spacial score (nSPS) is 18.2. The summed E-state index contributed by atoms with van der Waals surface area (Å²) in [5, 5.41) is 10.8. The highest BCUT2D eigenvalue weighted by Gasteiger charge is 2.16. The molecule has 1 saturated heterocycles. The van der Waals surface area contributed by atoms with Gasteiger partial charge in [-0.15, -0.1) is 0 Å². The van der Waals surface area contributed by atoms with E-state index in [1.165, 1.54) is 0 Å². The van der Waals surface area contributed by atoms with Crippen LogP contribution >= 0.6 is 0 Å². The third-order valence-electron chi connectivity index (χ3n) is 4.02. The summed E-state index contributed by atoms with van der Waals surface area (Å²) in [6.45, 7) is 5.90. The van der Waals surface area contributed by atoms with Crippen LogP contribution in [0.1, 0.15) is 34.6 Å². The number of carbonyl (C=O) groups excluding carboxylic acids is 1. The van der Waals surface area contributed by atoms with Gasteiger partial charge in [-0.25, -0.2) is 4.68 Å². The molecule has 1 aromatic carbocycles. The van der Waals surface area contributed by atoms with Crippen LogP contribution in [0.3, 0.4) is 0 Å². The molecule has 1 amide bonds. The van der Waals surface area contributed by atoms with Crippen molar-refractivity contribution in [3.05, 3.63) is 47.3 Å². The predicted octanol–water partition coefficient (Wildman–Crippen LogP) is 1.97. The highest BCUT2D eigenvalue weighted by atomic mass is 16.1. The molecule has 1 aromatic heterocycles. The Hall–Kier alpha value is -2.14. The van der Waals surface area contributed by atoms with Gasteiger partial charge in [-0.05, 0) is 63.6 Å². The number of aromatic nitrogens is 2. The maximum atomic E-state index is 12.3. The molecular weight excluding hydrogens is 276 g/mol. The molecule has 5 nitrogen and oxygen atoms in total. The zero-order valence-electron chi connectivity index (χ0n) is 13.1.